The molecule has 7 heteroatoms. The number of fused-ring (bicyclic) bond motifs is 3. The summed E-state index contributed by atoms with van der Waals surface area (Å²) in [5, 5.41) is 4.94. The number of hydrogen-bond acceptors (Lipinski definition) is 3. The van der Waals surface area contributed by atoms with Crippen molar-refractivity contribution in [2.45, 2.75) is 6.43 Å². The van der Waals surface area contributed by atoms with E-state index in [1.165, 1.54) is 12.3 Å². The van der Waals surface area contributed by atoms with Crippen LogP contribution in [0.1, 0.15) is 12.1 Å². The van der Waals surface area contributed by atoms with Gasteiger partial charge in [-0.2, -0.15) is 5.10 Å². The van der Waals surface area contributed by atoms with Gasteiger partial charge in [-0.15, -0.1) is 0 Å². The normalized spacial score (nSPS) is 11.6. The molecule has 3 heterocycles. The molecule has 114 valence electrons. The molecule has 0 saturated carbocycles. The van der Waals surface area contributed by atoms with Crippen molar-refractivity contribution in [3.8, 4) is 11.3 Å². The van der Waals surface area contributed by atoms with E-state index in [4.69, 9.17) is 0 Å². The highest BCUT2D eigenvalue weighted by Gasteiger charge is 2.13. The van der Waals surface area contributed by atoms with Gasteiger partial charge >= 0.3 is 0 Å². The molecule has 0 fully saturated rings. The van der Waals surface area contributed by atoms with Gasteiger partial charge in [-0.3, -0.25) is 9.78 Å². The van der Waals surface area contributed by atoms with Crippen LogP contribution in [-0.2, 0) is 0 Å². The Bertz CT molecular complexity index is 1080. The second-order valence-corrected chi connectivity index (χ2v) is 5.07. The number of para-hydroxylation sites is 1. The number of nitrogens with one attached hydrogen (secondary N) is 1. The summed E-state index contributed by atoms with van der Waals surface area (Å²) in [6.07, 6.45) is -1.32. The van der Waals surface area contributed by atoms with Crippen molar-refractivity contribution < 1.29 is 8.78 Å². The maximum absolute atomic E-state index is 12.8. The average Bonchev–Trinajstić information content (AvgIpc) is 2.99. The third-order valence-corrected chi connectivity index (χ3v) is 3.63. The number of aromatic amines is 1. The highest BCUT2D eigenvalue weighted by atomic mass is 19.3. The van der Waals surface area contributed by atoms with E-state index in [2.05, 4.69) is 15.1 Å². The fraction of sp³-hybridized carbons (Fsp3) is 0.0625. The second kappa shape index (κ2) is 4.98. The van der Waals surface area contributed by atoms with Gasteiger partial charge in [0.2, 0.25) is 0 Å². The van der Waals surface area contributed by atoms with Crippen LogP contribution < -0.4 is 5.56 Å². The van der Waals surface area contributed by atoms with Gasteiger partial charge in [0.25, 0.3) is 12.0 Å². The molecular formula is C16H10F2N4O. The van der Waals surface area contributed by atoms with Crippen molar-refractivity contribution in [2.24, 2.45) is 0 Å². The molecule has 0 spiro atoms. The molecule has 0 aliphatic carbocycles. The summed E-state index contributed by atoms with van der Waals surface area (Å²) in [6, 6.07) is 11.6. The number of rotatable bonds is 2. The van der Waals surface area contributed by atoms with Gasteiger partial charge in [-0.1, -0.05) is 12.1 Å². The molecule has 0 amide bonds. The molecule has 0 radical (unpaired) electrons. The van der Waals surface area contributed by atoms with Crippen LogP contribution in [-0.4, -0.2) is 19.6 Å². The largest absolute Gasteiger partial charge is 0.306 e. The molecule has 4 aromatic rings. The summed E-state index contributed by atoms with van der Waals surface area (Å²) in [4.78, 5) is 18.5. The number of alkyl halides is 2. The molecule has 5 nitrogen and oxygen atoms in total. The summed E-state index contributed by atoms with van der Waals surface area (Å²) in [6.45, 7) is 0. The molecule has 0 aliphatic rings. The van der Waals surface area contributed by atoms with Crippen molar-refractivity contribution in [3.05, 3.63) is 64.7 Å². The number of aromatic nitrogens is 4. The standard InChI is InChI=1S/C16H10F2N4O/c17-15(18)12-7-9(5-6-19-12)11-8-14-20-16(23)10-3-1-2-4-13(10)22(14)21-11/h1-8,15H,(H,20,23). The van der Waals surface area contributed by atoms with E-state index >= 15 is 0 Å². The van der Waals surface area contributed by atoms with Crippen molar-refractivity contribution >= 4 is 16.6 Å². The Balaban J connectivity index is 1.98. The predicted molar refractivity (Wildman–Crippen MR) is 81.5 cm³/mol. The van der Waals surface area contributed by atoms with Crippen molar-refractivity contribution in [2.75, 3.05) is 0 Å². The van der Waals surface area contributed by atoms with E-state index in [9.17, 15) is 13.6 Å². The van der Waals surface area contributed by atoms with Crippen LogP contribution in [0.4, 0.5) is 8.78 Å². The first-order chi connectivity index (χ1) is 11.1. The van der Waals surface area contributed by atoms with Gasteiger partial charge in [-0.05, 0) is 24.3 Å². The number of nitrogens with zero attached hydrogens (tertiary/aromatic N) is 3. The summed E-state index contributed by atoms with van der Waals surface area (Å²) in [5.41, 5.74) is 1.63. The van der Waals surface area contributed by atoms with Crippen LogP contribution in [0.25, 0.3) is 27.8 Å². The third-order valence-electron chi connectivity index (χ3n) is 3.63. The highest BCUT2D eigenvalue weighted by Crippen LogP contribution is 2.24. The van der Waals surface area contributed by atoms with E-state index in [1.54, 1.807) is 34.8 Å². The first-order valence-electron chi connectivity index (χ1n) is 6.89. The minimum absolute atomic E-state index is 0.220. The zero-order valence-corrected chi connectivity index (χ0v) is 11.7. The van der Waals surface area contributed by atoms with E-state index in [-0.39, 0.29) is 11.3 Å². The minimum atomic E-state index is -2.65. The van der Waals surface area contributed by atoms with Gasteiger partial charge in [0.05, 0.1) is 16.6 Å². The van der Waals surface area contributed by atoms with Crippen LogP contribution >= 0.6 is 0 Å². The SMILES string of the molecule is O=c1[nH]c2cc(-c3ccnc(C(F)F)c3)nn2c2ccccc12. The monoisotopic (exact) mass is 312 g/mol. The van der Waals surface area contributed by atoms with Crippen LogP contribution in [0.3, 0.4) is 0 Å². The van der Waals surface area contributed by atoms with Crippen LogP contribution in [0.2, 0.25) is 0 Å². The fourth-order valence-corrected chi connectivity index (χ4v) is 2.56. The maximum atomic E-state index is 12.8. The van der Waals surface area contributed by atoms with Gasteiger partial charge in [0.1, 0.15) is 11.3 Å². The van der Waals surface area contributed by atoms with Crippen molar-refractivity contribution in [3.63, 3.8) is 0 Å². The van der Waals surface area contributed by atoms with Crippen molar-refractivity contribution in [1.82, 2.24) is 19.6 Å². The van der Waals surface area contributed by atoms with E-state index in [0.29, 0.717) is 27.8 Å². The fourth-order valence-electron chi connectivity index (χ4n) is 2.56. The lowest BCUT2D eigenvalue weighted by Crippen LogP contribution is -2.09. The molecule has 1 aromatic carbocycles. The topological polar surface area (TPSA) is 63.0 Å². The molecule has 3 aromatic heterocycles. The number of benzene rings is 1. The van der Waals surface area contributed by atoms with Gasteiger partial charge in [-0.25, -0.2) is 13.3 Å². The Morgan fingerprint density at radius 3 is 2.78 bits per heavy atom. The zero-order valence-electron chi connectivity index (χ0n) is 11.7. The predicted octanol–water partition coefficient (Wildman–Crippen LogP) is 3.18. The Kier molecular flexibility index (Phi) is 2.94. The lowest BCUT2D eigenvalue weighted by atomic mass is 10.2. The van der Waals surface area contributed by atoms with Crippen LogP contribution in [0.15, 0.2) is 53.5 Å². The molecule has 0 unspecified atom stereocenters. The third kappa shape index (κ3) is 2.17. The summed E-state index contributed by atoms with van der Waals surface area (Å²) in [5.74, 6) is 0. The summed E-state index contributed by atoms with van der Waals surface area (Å²) >= 11 is 0. The number of halogens is 2. The molecular weight excluding hydrogens is 302 g/mol. The summed E-state index contributed by atoms with van der Waals surface area (Å²) < 4.78 is 27.2. The Hall–Kier alpha value is -3.09. The van der Waals surface area contributed by atoms with Crippen molar-refractivity contribution in [1.29, 1.82) is 0 Å². The summed E-state index contributed by atoms with van der Waals surface area (Å²) in [7, 11) is 0. The molecule has 0 atom stereocenters. The van der Waals surface area contributed by atoms with Crippen LogP contribution in [0, 0.1) is 0 Å². The number of pyridine rings is 1. The molecule has 0 saturated heterocycles. The Morgan fingerprint density at radius 2 is 1.96 bits per heavy atom. The molecule has 4 rings (SSSR count). The first-order valence-corrected chi connectivity index (χ1v) is 6.89. The molecule has 1 N–H and O–H groups in total. The average molecular weight is 312 g/mol. The first kappa shape index (κ1) is 13.6. The van der Waals surface area contributed by atoms with Gasteiger partial charge in [0, 0.05) is 17.8 Å². The highest BCUT2D eigenvalue weighted by molar-refractivity contribution is 5.81. The van der Waals surface area contributed by atoms with Gasteiger partial charge in [0.15, 0.2) is 0 Å². The molecule has 0 bridgehead atoms. The smallest absolute Gasteiger partial charge is 0.280 e. The minimum Gasteiger partial charge on any atom is -0.306 e. The lowest BCUT2D eigenvalue weighted by molar-refractivity contribution is 0.146. The lowest BCUT2D eigenvalue weighted by Gasteiger charge is -2.01. The molecule has 23 heavy (non-hydrogen) atoms. The zero-order chi connectivity index (χ0) is 16.0. The molecule has 0 aliphatic heterocycles. The quantitative estimate of drug-likeness (QED) is 0.618. The second-order valence-electron chi connectivity index (χ2n) is 5.07. The number of hydrogen-bond donors (Lipinski definition) is 1. The Labute approximate surface area is 128 Å². The van der Waals surface area contributed by atoms with Crippen LogP contribution in [0.5, 0.6) is 0 Å². The van der Waals surface area contributed by atoms with Gasteiger partial charge < -0.3 is 4.98 Å². The Morgan fingerprint density at radius 1 is 1.13 bits per heavy atom. The van der Waals surface area contributed by atoms with E-state index in [1.807, 2.05) is 6.07 Å². The maximum Gasteiger partial charge on any atom is 0.280 e. The van der Waals surface area contributed by atoms with E-state index in [0.717, 1.165) is 0 Å². The van der Waals surface area contributed by atoms with E-state index < -0.39 is 6.43 Å². The number of H-pyrrole nitrogens is 1.